The van der Waals surface area contributed by atoms with Crippen LogP contribution in [0.2, 0.25) is 0 Å². The zero-order chi connectivity index (χ0) is 21.6. The number of halogens is 3. The summed E-state index contributed by atoms with van der Waals surface area (Å²) in [7, 11) is 0. The van der Waals surface area contributed by atoms with Crippen molar-refractivity contribution in [3.05, 3.63) is 83.0 Å². The van der Waals surface area contributed by atoms with Crippen molar-refractivity contribution in [2.45, 2.75) is 43.6 Å². The third-order valence-corrected chi connectivity index (χ3v) is 6.12. The van der Waals surface area contributed by atoms with Crippen LogP contribution in [0.3, 0.4) is 0 Å². The summed E-state index contributed by atoms with van der Waals surface area (Å²) in [6, 6.07) is 14.3. The number of rotatable bonds is 3. The van der Waals surface area contributed by atoms with Gasteiger partial charge in [0.2, 0.25) is 0 Å². The summed E-state index contributed by atoms with van der Waals surface area (Å²) in [6.45, 7) is 0. The first-order chi connectivity index (χ1) is 14.9. The Morgan fingerprint density at radius 3 is 2.61 bits per heavy atom. The second-order valence-corrected chi connectivity index (χ2v) is 8.02. The molecule has 0 spiro atoms. The van der Waals surface area contributed by atoms with Crippen LogP contribution in [0.25, 0.3) is 0 Å². The smallest absolute Gasteiger partial charge is 0.363 e. The minimum absolute atomic E-state index is 0.103. The number of nitrogens with one attached hydrogen (secondary N) is 2. The Morgan fingerprint density at radius 2 is 1.84 bits per heavy atom. The molecule has 2 aliphatic rings. The van der Waals surface area contributed by atoms with Crippen molar-refractivity contribution in [3.8, 4) is 0 Å². The molecule has 160 valence electrons. The maximum atomic E-state index is 13.8. The Morgan fingerprint density at radius 1 is 1.10 bits per heavy atom. The van der Waals surface area contributed by atoms with Crippen LogP contribution in [0.15, 0.2) is 60.8 Å². The summed E-state index contributed by atoms with van der Waals surface area (Å²) >= 11 is 0. The zero-order valence-electron chi connectivity index (χ0n) is 16.6. The highest BCUT2D eigenvalue weighted by Crippen LogP contribution is 2.44. The number of fused-ring (bicyclic) bond motifs is 2. The molecule has 5 rings (SSSR count). The van der Waals surface area contributed by atoms with Crippen LogP contribution in [-0.4, -0.2) is 21.9 Å². The van der Waals surface area contributed by atoms with E-state index in [-0.39, 0.29) is 23.8 Å². The van der Waals surface area contributed by atoms with Gasteiger partial charge in [-0.05, 0) is 29.5 Å². The lowest BCUT2D eigenvalue weighted by atomic mass is 9.96. The normalized spacial score (nSPS) is 22.4. The third-order valence-electron chi connectivity index (χ3n) is 6.12. The minimum atomic E-state index is -4.48. The van der Waals surface area contributed by atoms with E-state index in [9.17, 15) is 18.0 Å². The fraction of sp³-hybridized carbons (Fsp3) is 0.304. The predicted molar refractivity (Wildman–Crippen MR) is 110 cm³/mol. The lowest BCUT2D eigenvalue weighted by Gasteiger charge is -2.34. The standard InChI is InChI=1S/C23H21F3N4O/c24-23(25,26)20-12-19(15-7-2-1-3-8-15)28-21-17(13-27-30(20)21)22(31)29-18-11-10-14-6-4-5-9-16(14)18/h1-9,13,18-20,28H,10-12H2,(H,29,31). The Bertz CT molecular complexity index is 1110. The van der Waals surface area contributed by atoms with E-state index in [1.807, 2.05) is 30.3 Å². The third kappa shape index (κ3) is 3.56. The van der Waals surface area contributed by atoms with Gasteiger partial charge in [0.15, 0.2) is 6.04 Å². The Kier molecular flexibility index (Phi) is 4.72. The SMILES string of the molecule is O=C(NC1CCc2ccccc21)c1cnn2c1NC(c1ccccc1)CC2C(F)(F)F. The molecular formula is C23H21F3N4O. The van der Waals surface area contributed by atoms with Gasteiger partial charge in [0.05, 0.1) is 18.3 Å². The van der Waals surface area contributed by atoms with Crippen LogP contribution in [0.4, 0.5) is 19.0 Å². The number of hydrogen-bond donors (Lipinski definition) is 2. The Hall–Kier alpha value is -3.29. The van der Waals surface area contributed by atoms with Crippen molar-refractivity contribution in [1.29, 1.82) is 0 Å². The number of benzene rings is 2. The summed E-state index contributed by atoms with van der Waals surface area (Å²) in [5.74, 6) is -0.323. The number of anilines is 1. The molecule has 5 nitrogen and oxygen atoms in total. The lowest BCUT2D eigenvalue weighted by Crippen LogP contribution is -2.36. The van der Waals surface area contributed by atoms with E-state index in [0.29, 0.717) is 0 Å². The monoisotopic (exact) mass is 426 g/mol. The summed E-state index contributed by atoms with van der Waals surface area (Å²) in [4.78, 5) is 13.1. The van der Waals surface area contributed by atoms with Gasteiger partial charge in [-0.15, -0.1) is 0 Å². The highest BCUT2D eigenvalue weighted by molar-refractivity contribution is 5.99. The largest absolute Gasteiger partial charge is 0.410 e. The fourth-order valence-electron chi connectivity index (χ4n) is 4.58. The van der Waals surface area contributed by atoms with E-state index in [0.717, 1.165) is 28.7 Å². The van der Waals surface area contributed by atoms with Crippen molar-refractivity contribution >= 4 is 11.7 Å². The Balaban J connectivity index is 1.46. The van der Waals surface area contributed by atoms with E-state index in [1.165, 1.54) is 11.8 Å². The first kappa shape index (κ1) is 19.7. The van der Waals surface area contributed by atoms with Crippen LogP contribution in [-0.2, 0) is 6.42 Å². The van der Waals surface area contributed by atoms with Crippen molar-refractivity contribution in [2.75, 3.05) is 5.32 Å². The molecule has 2 heterocycles. The summed E-state index contributed by atoms with van der Waals surface area (Å²) in [5.41, 5.74) is 3.10. The maximum absolute atomic E-state index is 13.8. The molecule has 3 unspecified atom stereocenters. The lowest BCUT2D eigenvalue weighted by molar-refractivity contribution is -0.173. The van der Waals surface area contributed by atoms with Crippen molar-refractivity contribution in [1.82, 2.24) is 15.1 Å². The van der Waals surface area contributed by atoms with Gasteiger partial charge in [0.25, 0.3) is 5.91 Å². The average molecular weight is 426 g/mol. The molecule has 1 aliphatic heterocycles. The van der Waals surface area contributed by atoms with E-state index in [1.54, 1.807) is 24.3 Å². The van der Waals surface area contributed by atoms with E-state index in [4.69, 9.17) is 0 Å². The number of aromatic nitrogens is 2. The van der Waals surface area contributed by atoms with Gasteiger partial charge in [-0.2, -0.15) is 18.3 Å². The topological polar surface area (TPSA) is 59.0 Å². The molecule has 0 fully saturated rings. The average Bonchev–Trinajstić information content (AvgIpc) is 3.37. The second-order valence-electron chi connectivity index (χ2n) is 8.02. The van der Waals surface area contributed by atoms with Crippen molar-refractivity contribution in [2.24, 2.45) is 0 Å². The summed E-state index contributed by atoms with van der Waals surface area (Å²) in [6.07, 6.45) is -1.82. The number of nitrogens with zero attached hydrogens (tertiary/aromatic N) is 2. The van der Waals surface area contributed by atoms with Gasteiger partial charge in [0.1, 0.15) is 11.4 Å². The molecule has 0 radical (unpaired) electrons. The molecular weight excluding hydrogens is 405 g/mol. The van der Waals surface area contributed by atoms with Crippen LogP contribution in [0, 0.1) is 0 Å². The van der Waals surface area contributed by atoms with E-state index >= 15 is 0 Å². The molecule has 31 heavy (non-hydrogen) atoms. The zero-order valence-corrected chi connectivity index (χ0v) is 16.6. The van der Waals surface area contributed by atoms with Gasteiger partial charge in [-0.1, -0.05) is 54.6 Å². The van der Waals surface area contributed by atoms with Crippen LogP contribution in [0.1, 0.15) is 58.0 Å². The second kappa shape index (κ2) is 7.44. The van der Waals surface area contributed by atoms with Gasteiger partial charge < -0.3 is 10.6 Å². The molecule has 2 aromatic carbocycles. The number of amides is 1. The van der Waals surface area contributed by atoms with Crippen LogP contribution in [0.5, 0.6) is 0 Å². The summed E-state index contributed by atoms with van der Waals surface area (Å²) in [5, 5.41) is 10.1. The molecule has 0 saturated carbocycles. The molecule has 8 heteroatoms. The predicted octanol–water partition coefficient (Wildman–Crippen LogP) is 4.96. The first-order valence-corrected chi connectivity index (χ1v) is 10.3. The molecule has 0 bridgehead atoms. The van der Waals surface area contributed by atoms with Crippen molar-refractivity contribution < 1.29 is 18.0 Å². The molecule has 3 atom stereocenters. The number of aryl methyl sites for hydroxylation is 1. The fourth-order valence-corrected chi connectivity index (χ4v) is 4.58. The highest BCUT2D eigenvalue weighted by Gasteiger charge is 2.47. The van der Waals surface area contributed by atoms with Gasteiger partial charge in [-0.25, -0.2) is 4.68 Å². The highest BCUT2D eigenvalue weighted by atomic mass is 19.4. The molecule has 1 aliphatic carbocycles. The van der Waals surface area contributed by atoms with Gasteiger partial charge >= 0.3 is 6.18 Å². The molecule has 1 aromatic heterocycles. The van der Waals surface area contributed by atoms with E-state index in [2.05, 4.69) is 15.7 Å². The molecule has 1 amide bonds. The minimum Gasteiger partial charge on any atom is -0.363 e. The number of carbonyl (C=O) groups is 1. The van der Waals surface area contributed by atoms with E-state index < -0.39 is 24.2 Å². The van der Waals surface area contributed by atoms with Crippen molar-refractivity contribution in [3.63, 3.8) is 0 Å². The summed E-state index contributed by atoms with van der Waals surface area (Å²) < 4.78 is 42.4. The van der Waals surface area contributed by atoms with Gasteiger partial charge in [0, 0.05) is 6.42 Å². The first-order valence-electron chi connectivity index (χ1n) is 10.3. The number of alkyl halides is 3. The molecule has 2 N–H and O–H groups in total. The Labute approximate surface area is 177 Å². The molecule has 3 aromatic rings. The number of hydrogen-bond acceptors (Lipinski definition) is 3. The maximum Gasteiger partial charge on any atom is 0.410 e. The van der Waals surface area contributed by atoms with Gasteiger partial charge in [-0.3, -0.25) is 4.79 Å². The van der Waals surface area contributed by atoms with Crippen LogP contribution >= 0.6 is 0 Å². The van der Waals surface area contributed by atoms with Crippen LogP contribution < -0.4 is 10.6 Å². The molecule has 0 saturated heterocycles. The quantitative estimate of drug-likeness (QED) is 0.622. The number of carbonyl (C=O) groups excluding carboxylic acids is 1.